The van der Waals surface area contributed by atoms with Crippen LogP contribution in [0, 0.1) is 17.2 Å². The second kappa shape index (κ2) is 6.62. The van der Waals surface area contributed by atoms with E-state index in [-0.39, 0.29) is 0 Å². The van der Waals surface area contributed by atoms with Crippen molar-refractivity contribution < 1.29 is 4.74 Å². The zero-order chi connectivity index (χ0) is 14.5. The van der Waals surface area contributed by atoms with Crippen LogP contribution >= 0.6 is 0 Å². The number of nitrogens with zero attached hydrogens (tertiary/aromatic N) is 2. The monoisotopic (exact) mass is 273 g/mol. The maximum atomic E-state index is 9.24. The molecule has 1 saturated heterocycles. The predicted octanol–water partition coefficient (Wildman–Crippen LogP) is 2.71. The van der Waals surface area contributed by atoms with E-state index in [2.05, 4.69) is 30.3 Å². The van der Waals surface area contributed by atoms with E-state index in [1.807, 2.05) is 18.2 Å². The molecule has 1 aliphatic heterocycles. The number of likely N-dealkylation sites (tertiary alicyclic amines) is 1. The molecule has 0 bridgehead atoms. The standard InChI is InChI=1S/C16H23N3O/c1-12(13-7-9-19(2)10-8-13)18-16-14(11-17)5-4-6-15(16)20-3/h4-6,12-13,18H,7-10H2,1-3H3. The lowest BCUT2D eigenvalue weighted by molar-refractivity contribution is 0.208. The number of ether oxygens (including phenoxy) is 1. The average molecular weight is 273 g/mol. The van der Waals surface area contributed by atoms with Crippen LogP contribution in [0.3, 0.4) is 0 Å². The Labute approximate surface area is 121 Å². The van der Waals surface area contributed by atoms with Gasteiger partial charge in [-0.15, -0.1) is 0 Å². The smallest absolute Gasteiger partial charge is 0.143 e. The molecule has 0 aliphatic carbocycles. The molecule has 1 aliphatic rings. The van der Waals surface area contributed by atoms with E-state index in [1.165, 1.54) is 12.8 Å². The number of rotatable bonds is 4. The van der Waals surface area contributed by atoms with Gasteiger partial charge in [-0.1, -0.05) is 6.07 Å². The van der Waals surface area contributed by atoms with Crippen molar-refractivity contribution >= 4 is 5.69 Å². The molecular weight excluding hydrogens is 250 g/mol. The van der Waals surface area contributed by atoms with Crippen molar-refractivity contribution in [3.8, 4) is 11.8 Å². The SMILES string of the molecule is COc1cccc(C#N)c1NC(C)C1CCN(C)CC1. The molecule has 4 heteroatoms. The molecule has 1 unspecified atom stereocenters. The van der Waals surface area contributed by atoms with E-state index in [1.54, 1.807) is 7.11 Å². The molecule has 0 radical (unpaired) electrons. The lowest BCUT2D eigenvalue weighted by Crippen LogP contribution is -2.37. The first kappa shape index (κ1) is 14.7. The summed E-state index contributed by atoms with van der Waals surface area (Å²) in [4.78, 5) is 2.37. The number of benzene rings is 1. The van der Waals surface area contributed by atoms with Crippen molar-refractivity contribution in [1.82, 2.24) is 4.90 Å². The number of methoxy groups -OCH3 is 1. The number of nitriles is 1. The highest BCUT2D eigenvalue weighted by molar-refractivity contribution is 5.66. The van der Waals surface area contributed by atoms with E-state index in [0.29, 0.717) is 17.5 Å². The van der Waals surface area contributed by atoms with Crippen LogP contribution in [0.15, 0.2) is 18.2 Å². The van der Waals surface area contributed by atoms with Gasteiger partial charge in [-0.25, -0.2) is 0 Å². The Morgan fingerprint density at radius 1 is 1.40 bits per heavy atom. The molecule has 0 spiro atoms. The molecule has 1 aromatic carbocycles. The molecule has 2 rings (SSSR count). The first-order chi connectivity index (χ1) is 9.65. The topological polar surface area (TPSA) is 48.3 Å². The van der Waals surface area contributed by atoms with E-state index in [9.17, 15) is 5.26 Å². The maximum absolute atomic E-state index is 9.24. The molecule has 0 amide bonds. The summed E-state index contributed by atoms with van der Waals surface area (Å²) in [6.07, 6.45) is 2.39. The summed E-state index contributed by atoms with van der Waals surface area (Å²) >= 11 is 0. The van der Waals surface area contributed by atoms with E-state index < -0.39 is 0 Å². The highest BCUT2D eigenvalue weighted by atomic mass is 16.5. The van der Waals surface area contributed by atoms with Crippen molar-refractivity contribution in [2.24, 2.45) is 5.92 Å². The summed E-state index contributed by atoms with van der Waals surface area (Å²) < 4.78 is 5.37. The van der Waals surface area contributed by atoms with Gasteiger partial charge in [-0.2, -0.15) is 5.26 Å². The van der Waals surface area contributed by atoms with Crippen LogP contribution in [-0.2, 0) is 0 Å². The molecule has 1 aromatic rings. The number of anilines is 1. The van der Waals surface area contributed by atoms with E-state index in [0.717, 1.165) is 24.5 Å². The van der Waals surface area contributed by atoms with Gasteiger partial charge in [-0.3, -0.25) is 0 Å². The fourth-order valence-electron chi connectivity index (χ4n) is 2.82. The lowest BCUT2D eigenvalue weighted by atomic mass is 9.90. The van der Waals surface area contributed by atoms with Gasteiger partial charge >= 0.3 is 0 Å². The van der Waals surface area contributed by atoms with Gasteiger partial charge in [0.05, 0.1) is 18.4 Å². The Morgan fingerprint density at radius 3 is 2.70 bits per heavy atom. The Kier molecular flexibility index (Phi) is 4.86. The summed E-state index contributed by atoms with van der Waals surface area (Å²) in [7, 11) is 3.81. The van der Waals surface area contributed by atoms with Crippen molar-refractivity contribution in [1.29, 1.82) is 5.26 Å². The quantitative estimate of drug-likeness (QED) is 0.916. The minimum atomic E-state index is 0.340. The molecule has 0 aromatic heterocycles. The van der Waals surface area contributed by atoms with Crippen LogP contribution in [0.25, 0.3) is 0 Å². The number of nitrogens with one attached hydrogen (secondary N) is 1. The van der Waals surface area contributed by atoms with Gasteiger partial charge in [0.15, 0.2) is 0 Å². The lowest BCUT2D eigenvalue weighted by Gasteiger charge is -2.33. The van der Waals surface area contributed by atoms with Crippen LogP contribution in [0.1, 0.15) is 25.3 Å². The molecule has 0 saturated carbocycles. The number of hydrogen-bond donors (Lipinski definition) is 1. The van der Waals surface area contributed by atoms with Crippen molar-refractivity contribution in [3.05, 3.63) is 23.8 Å². The summed E-state index contributed by atoms with van der Waals surface area (Å²) in [6.45, 7) is 4.49. The number of hydrogen-bond acceptors (Lipinski definition) is 4. The third-order valence-corrected chi connectivity index (χ3v) is 4.21. The third kappa shape index (κ3) is 3.23. The fourth-order valence-corrected chi connectivity index (χ4v) is 2.82. The van der Waals surface area contributed by atoms with Gasteiger partial charge in [0.2, 0.25) is 0 Å². The van der Waals surface area contributed by atoms with Gasteiger partial charge in [0.25, 0.3) is 0 Å². The summed E-state index contributed by atoms with van der Waals surface area (Å²) in [5.41, 5.74) is 1.47. The van der Waals surface area contributed by atoms with Crippen molar-refractivity contribution in [2.45, 2.75) is 25.8 Å². The molecule has 20 heavy (non-hydrogen) atoms. The first-order valence-corrected chi connectivity index (χ1v) is 7.18. The molecule has 108 valence electrons. The zero-order valence-corrected chi connectivity index (χ0v) is 12.5. The highest BCUT2D eigenvalue weighted by Crippen LogP contribution is 2.31. The van der Waals surface area contributed by atoms with Gasteiger partial charge in [0, 0.05) is 6.04 Å². The molecule has 1 heterocycles. The average Bonchev–Trinajstić information content (AvgIpc) is 2.48. The summed E-state index contributed by atoms with van der Waals surface area (Å²) in [6, 6.07) is 8.14. The van der Waals surface area contributed by atoms with Crippen molar-refractivity contribution in [3.63, 3.8) is 0 Å². The minimum absolute atomic E-state index is 0.340. The molecule has 1 fully saturated rings. The van der Waals surface area contributed by atoms with Crippen LogP contribution in [-0.4, -0.2) is 38.2 Å². The number of piperidine rings is 1. The second-order valence-corrected chi connectivity index (χ2v) is 5.57. The zero-order valence-electron chi connectivity index (χ0n) is 12.5. The predicted molar refractivity (Wildman–Crippen MR) is 81.0 cm³/mol. The van der Waals surface area contributed by atoms with Crippen LogP contribution in [0.4, 0.5) is 5.69 Å². The summed E-state index contributed by atoms with van der Waals surface area (Å²) in [5.74, 6) is 1.38. The second-order valence-electron chi connectivity index (χ2n) is 5.57. The first-order valence-electron chi connectivity index (χ1n) is 7.18. The third-order valence-electron chi connectivity index (χ3n) is 4.21. The highest BCUT2D eigenvalue weighted by Gasteiger charge is 2.23. The Morgan fingerprint density at radius 2 is 2.10 bits per heavy atom. The van der Waals surface area contributed by atoms with Crippen LogP contribution in [0.2, 0.25) is 0 Å². The van der Waals surface area contributed by atoms with Crippen LogP contribution < -0.4 is 10.1 Å². The molecule has 4 nitrogen and oxygen atoms in total. The van der Waals surface area contributed by atoms with E-state index >= 15 is 0 Å². The summed E-state index contributed by atoms with van der Waals surface area (Å²) in [5, 5.41) is 12.7. The fraction of sp³-hybridized carbons (Fsp3) is 0.562. The molecular formula is C16H23N3O. The van der Waals surface area contributed by atoms with Crippen LogP contribution in [0.5, 0.6) is 5.75 Å². The van der Waals surface area contributed by atoms with Gasteiger partial charge < -0.3 is 15.0 Å². The number of para-hydroxylation sites is 1. The normalized spacial score (nSPS) is 18.3. The van der Waals surface area contributed by atoms with Gasteiger partial charge in [-0.05, 0) is 58.0 Å². The Hall–Kier alpha value is -1.73. The van der Waals surface area contributed by atoms with Crippen molar-refractivity contribution in [2.75, 3.05) is 32.6 Å². The maximum Gasteiger partial charge on any atom is 0.143 e. The van der Waals surface area contributed by atoms with E-state index in [4.69, 9.17) is 4.74 Å². The molecule has 1 atom stereocenters. The Bertz CT molecular complexity index is 487. The Balaban J connectivity index is 2.11. The largest absolute Gasteiger partial charge is 0.495 e. The minimum Gasteiger partial charge on any atom is -0.495 e. The van der Waals surface area contributed by atoms with Gasteiger partial charge in [0.1, 0.15) is 11.8 Å². The molecule has 1 N–H and O–H groups in total.